The molecule has 1 aromatic heterocycles. The van der Waals surface area contributed by atoms with Crippen LogP contribution in [0.2, 0.25) is 0 Å². The van der Waals surface area contributed by atoms with E-state index in [0.717, 1.165) is 10.6 Å². The van der Waals surface area contributed by atoms with Gasteiger partial charge in [0.25, 0.3) is 9.05 Å². The van der Waals surface area contributed by atoms with Crippen LogP contribution in [0.1, 0.15) is 10.5 Å². The Morgan fingerprint density at radius 3 is 2.31 bits per heavy atom. The molecule has 0 spiro atoms. The van der Waals surface area contributed by atoms with Crippen LogP contribution in [0.5, 0.6) is 0 Å². The first-order valence-electron chi connectivity index (χ1n) is 3.17. The number of nitrogens with zero attached hydrogens (tertiary/aromatic N) is 1. The van der Waals surface area contributed by atoms with Crippen molar-refractivity contribution in [3.05, 3.63) is 17.8 Å². The first-order chi connectivity index (χ1) is 5.84. The molecule has 0 fully saturated rings. The molecule has 0 saturated heterocycles. The number of hydrogen-bond acceptors (Lipinski definition) is 3. The highest BCUT2D eigenvalue weighted by Crippen LogP contribution is 2.17. The van der Waals surface area contributed by atoms with Gasteiger partial charge < -0.3 is 9.67 Å². The van der Waals surface area contributed by atoms with E-state index >= 15 is 0 Å². The van der Waals surface area contributed by atoms with Crippen LogP contribution in [-0.2, 0) is 16.1 Å². The molecule has 0 bridgehead atoms. The van der Waals surface area contributed by atoms with Crippen molar-refractivity contribution in [3.63, 3.8) is 0 Å². The van der Waals surface area contributed by atoms with Gasteiger partial charge in [-0.25, -0.2) is 13.2 Å². The van der Waals surface area contributed by atoms with Gasteiger partial charge in [-0.15, -0.1) is 0 Å². The molecule has 7 heteroatoms. The molecule has 0 aliphatic heterocycles. The molecule has 13 heavy (non-hydrogen) atoms. The Hall–Kier alpha value is -1.01. The fourth-order valence-corrected chi connectivity index (χ4v) is 2.07. The summed E-state index contributed by atoms with van der Waals surface area (Å²) in [6.07, 6.45) is 0. The lowest BCUT2D eigenvalue weighted by molar-refractivity contribution is 0.0685. The minimum absolute atomic E-state index is 0.126. The van der Waals surface area contributed by atoms with Gasteiger partial charge in [0.15, 0.2) is 5.03 Å². The third-order valence-corrected chi connectivity index (χ3v) is 2.93. The van der Waals surface area contributed by atoms with E-state index in [2.05, 4.69) is 0 Å². The third-order valence-electron chi connectivity index (χ3n) is 1.54. The fourth-order valence-electron chi connectivity index (χ4n) is 0.952. The quantitative estimate of drug-likeness (QED) is 0.747. The summed E-state index contributed by atoms with van der Waals surface area (Å²) in [6, 6.07) is 2.32. The minimum atomic E-state index is -3.87. The highest BCUT2D eigenvalue weighted by molar-refractivity contribution is 8.13. The van der Waals surface area contributed by atoms with Gasteiger partial charge in [-0.05, 0) is 12.1 Å². The second-order valence-corrected chi connectivity index (χ2v) is 4.87. The number of rotatable bonds is 2. The molecule has 0 aliphatic carbocycles. The lowest BCUT2D eigenvalue weighted by atomic mass is 10.4. The number of hydrogen-bond donors (Lipinski definition) is 1. The Bertz CT molecular complexity index is 447. The van der Waals surface area contributed by atoms with Gasteiger partial charge >= 0.3 is 5.97 Å². The summed E-state index contributed by atoms with van der Waals surface area (Å²) < 4.78 is 22.7. The van der Waals surface area contributed by atoms with Crippen LogP contribution in [0.4, 0.5) is 0 Å². The maximum absolute atomic E-state index is 10.8. The molecule has 0 aromatic carbocycles. The van der Waals surface area contributed by atoms with E-state index in [4.69, 9.17) is 15.8 Å². The Morgan fingerprint density at radius 2 is 2.08 bits per heavy atom. The molecule has 0 amide bonds. The molecule has 0 atom stereocenters. The number of carboxylic acid groups (broad SMARTS) is 1. The summed E-state index contributed by atoms with van der Waals surface area (Å²) in [5.41, 5.74) is -0.126. The normalized spacial score (nSPS) is 11.5. The Kier molecular flexibility index (Phi) is 2.36. The average Bonchev–Trinajstić information content (AvgIpc) is 2.28. The van der Waals surface area contributed by atoms with E-state index in [1.165, 1.54) is 13.1 Å². The van der Waals surface area contributed by atoms with Gasteiger partial charge in [0.1, 0.15) is 5.69 Å². The van der Waals surface area contributed by atoms with Crippen molar-refractivity contribution < 1.29 is 18.3 Å². The highest BCUT2D eigenvalue weighted by atomic mass is 35.7. The van der Waals surface area contributed by atoms with Crippen molar-refractivity contribution in [2.75, 3.05) is 0 Å². The maximum Gasteiger partial charge on any atom is 0.352 e. The van der Waals surface area contributed by atoms with Crippen LogP contribution < -0.4 is 0 Å². The zero-order valence-electron chi connectivity index (χ0n) is 6.56. The summed E-state index contributed by atoms with van der Waals surface area (Å²) in [4.78, 5) is 10.5. The number of aromatic carboxylic acids is 1. The smallest absolute Gasteiger partial charge is 0.352 e. The standard InChI is InChI=1S/C6H6ClNO4S/c1-8-4(6(9)10)2-3-5(8)13(7,11)12/h2-3H,1H3,(H,9,10). The number of halogens is 1. The van der Waals surface area contributed by atoms with E-state index in [1.54, 1.807) is 0 Å². The zero-order chi connectivity index (χ0) is 10.2. The molecule has 1 aromatic rings. The summed E-state index contributed by atoms with van der Waals surface area (Å²) in [7, 11) is 2.48. The lowest BCUT2D eigenvalue weighted by Crippen LogP contribution is -2.08. The monoisotopic (exact) mass is 223 g/mol. The average molecular weight is 224 g/mol. The Labute approximate surface area is 79.0 Å². The van der Waals surface area contributed by atoms with Gasteiger partial charge in [0, 0.05) is 17.7 Å². The van der Waals surface area contributed by atoms with E-state index < -0.39 is 15.0 Å². The van der Waals surface area contributed by atoms with Gasteiger partial charge in [0.05, 0.1) is 0 Å². The number of carbonyl (C=O) groups is 1. The molecular formula is C6H6ClNO4S. The first kappa shape index (κ1) is 10.1. The van der Waals surface area contributed by atoms with Gasteiger partial charge in [-0.2, -0.15) is 0 Å². The predicted octanol–water partition coefficient (Wildman–Crippen LogP) is 0.651. The van der Waals surface area contributed by atoms with Crippen LogP contribution in [0.15, 0.2) is 17.2 Å². The molecule has 1 rings (SSSR count). The molecule has 0 radical (unpaired) electrons. The molecule has 0 aliphatic rings. The number of carboxylic acids is 1. The molecule has 0 saturated carbocycles. The lowest BCUT2D eigenvalue weighted by Gasteiger charge is -2.00. The van der Waals surface area contributed by atoms with Crippen LogP contribution in [-0.4, -0.2) is 24.1 Å². The fraction of sp³-hybridized carbons (Fsp3) is 0.167. The van der Waals surface area contributed by atoms with Crippen LogP contribution in [0, 0.1) is 0 Å². The third kappa shape index (κ3) is 1.84. The van der Waals surface area contributed by atoms with Gasteiger partial charge in [-0.3, -0.25) is 0 Å². The van der Waals surface area contributed by atoms with Gasteiger partial charge in [0.2, 0.25) is 0 Å². The second-order valence-electron chi connectivity index (χ2n) is 2.36. The minimum Gasteiger partial charge on any atom is -0.477 e. The van der Waals surface area contributed by atoms with E-state index in [-0.39, 0.29) is 10.7 Å². The van der Waals surface area contributed by atoms with Crippen molar-refractivity contribution in [1.29, 1.82) is 0 Å². The largest absolute Gasteiger partial charge is 0.477 e. The van der Waals surface area contributed by atoms with Crippen molar-refractivity contribution in [3.8, 4) is 0 Å². The van der Waals surface area contributed by atoms with Crippen molar-refractivity contribution >= 4 is 25.7 Å². The molecule has 0 unspecified atom stereocenters. The summed E-state index contributed by atoms with van der Waals surface area (Å²) >= 11 is 0. The molecular weight excluding hydrogens is 218 g/mol. The van der Waals surface area contributed by atoms with Crippen molar-refractivity contribution in [2.45, 2.75) is 5.03 Å². The molecule has 72 valence electrons. The molecule has 1 heterocycles. The Morgan fingerprint density at radius 1 is 1.54 bits per heavy atom. The molecule has 5 nitrogen and oxygen atoms in total. The summed E-state index contributed by atoms with van der Waals surface area (Å²) in [5, 5.41) is 8.36. The van der Waals surface area contributed by atoms with E-state index in [9.17, 15) is 13.2 Å². The predicted molar refractivity (Wildman–Crippen MR) is 45.4 cm³/mol. The van der Waals surface area contributed by atoms with E-state index in [0.29, 0.717) is 0 Å². The number of aromatic nitrogens is 1. The summed E-state index contributed by atoms with van der Waals surface area (Å²) in [6.45, 7) is 0. The summed E-state index contributed by atoms with van der Waals surface area (Å²) in [5.74, 6) is -1.20. The Balaban J connectivity index is 3.39. The van der Waals surface area contributed by atoms with E-state index in [1.807, 2.05) is 0 Å². The topological polar surface area (TPSA) is 76.4 Å². The zero-order valence-corrected chi connectivity index (χ0v) is 8.13. The first-order valence-corrected chi connectivity index (χ1v) is 5.48. The van der Waals surface area contributed by atoms with Crippen LogP contribution in [0.3, 0.4) is 0 Å². The SMILES string of the molecule is Cn1c(C(=O)O)ccc1S(=O)(=O)Cl. The van der Waals surface area contributed by atoms with Crippen LogP contribution >= 0.6 is 10.7 Å². The van der Waals surface area contributed by atoms with Crippen molar-refractivity contribution in [2.24, 2.45) is 7.05 Å². The second kappa shape index (κ2) is 3.04. The maximum atomic E-state index is 10.8. The molecule has 1 N–H and O–H groups in total. The van der Waals surface area contributed by atoms with Crippen molar-refractivity contribution in [1.82, 2.24) is 4.57 Å². The van der Waals surface area contributed by atoms with Gasteiger partial charge in [-0.1, -0.05) is 0 Å². The van der Waals surface area contributed by atoms with Crippen LogP contribution in [0.25, 0.3) is 0 Å². The highest BCUT2D eigenvalue weighted by Gasteiger charge is 2.18.